The molecule has 31 heavy (non-hydrogen) atoms. The lowest BCUT2D eigenvalue weighted by Crippen LogP contribution is -2.27. The Morgan fingerprint density at radius 2 is 1.74 bits per heavy atom. The van der Waals surface area contributed by atoms with Crippen LogP contribution in [0, 0.1) is 0 Å². The molecule has 0 aliphatic rings. The van der Waals surface area contributed by atoms with E-state index >= 15 is 0 Å². The Balaban J connectivity index is 1.62. The smallest absolute Gasteiger partial charge is 0.412 e. The lowest BCUT2D eigenvalue weighted by molar-refractivity contribution is 0.0636. The zero-order valence-electron chi connectivity index (χ0n) is 17.4. The van der Waals surface area contributed by atoms with Crippen LogP contribution in [0.4, 0.5) is 27.7 Å². The molecule has 0 radical (unpaired) electrons. The zero-order chi connectivity index (χ0) is 22.4. The van der Waals surface area contributed by atoms with Gasteiger partial charge in [-0.15, -0.1) is 0 Å². The van der Waals surface area contributed by atoms with Crippen LogP contribution in [0.3, 0.4) is 0 Å². The maximum Gasteiger partial charge on any atom is 0.412 e. The molecule has 0 saturated heterocycles. The van der Waals surface area contributed by atoms with E-state index in [0.29, 0.717) is 23.1 Å². The van der Waals surface area contributed by atoms with Gasteiger partial charge in [0.1, 0.15) is 10.6 Å². The van der Waals surface area contributed by atoms with Crippen LogP contribution in [0.5, 0.6) is 0 Å². The summed E-state index contributed by atoms with van der Waals surface area (Å²) in [6.07, 6.45) is 0.954. The Labute approximate surface area is 191 Å². The Bertz CT molecular complexity index is 1070. The van der Waals surface area contributed by atoms with Crippen LogP contribution in [-0.4, -0.2) is 21.7 Å². The molecular formula is C22H23Cl2N5O2. The van der Waals surface area contributed by atoms with Crippen LogP contribution < -0.4 is 16.0 Å². The van der Waals surface area contributed by atoms with Crippen molar-refractivity contribution in [3.63, 3.8) is 0 Å². The second-order valence-corrected chi connectivity index (χ2v) is 8.47. The van der Waals surface area contributed by atoms with Gasteiger partial charge in [-0.3, -0.25) is 5.32 Å². The van der Waals surface area contributed by atoms with Crippen LogP contribution in [0.25, 0.3) is 0 Å². The molecule has 1 heterocycles. The average molecular weight is 460 g/mol. The maximum absolute atomic E-state index is 12.0. The first-order chi connectivity index (χ1) is 14.7. The SMILES string of the molecule is CC(C)(C)OC(=O)Nc1cccc(NCc2cccc(Nc3nc(Cl)ncc3Cl)c2)c1. The average Bonchev–Trinajstić information content (AvgIpc) is 2.68. The Morgan fingerprint density at radius 3 is 2.52 bits per heavy atom. The number of amides is 1. The minimum Gasteiger partial charge on any atom is -0.444 e. The number of hydrogen-bond donors (Lipinski definition) is 3. The molecular weight excluding hydrogens is 437 g/mol. The zero-order valence-corrected chi connectivity index (χ0v) is 18.9. The van der Waals surface area contributed by atoms with Gasteiger partial charge < -0.3 is 15.4 Å². The van der Waals surface area contributed by atoms with Crippen molar-refractivity contribution in [2.45, 2.75) is 32.9 Å². The molecule has 3 N–H and O–H groups in total. The van der Waals surface area contributed by atoms with Crippen LogP contribution in [0.1, 0.15) is 26.3 Å². The summed E-state index contributed by atoms with van der Waals surface area (Å²) in [6.45, 7) is 6.03. The molecule has 0 fully saturated rings. The van der Waals surface area contributed by atoms with Crippen molar-refractivity contribution in [2.24, 2.45) is 0 Å². The van der Waals surface area contributed by atoms with E-state index in [0.717, 1.165) is 16.9 Å². The van der Waals surface area contributed by atoms with E-state index in [1.165, 1.54) is 6.20 Å². The van der Waals surface area contributed by atoms with Gasteiger partial charge in [-0.25, -0.2) is 9.78 Å². The number of nitrogens with one attached hydrogen (secondary N) is 3. The van der Waals surface area contributed by atoms with Crippen LogP contribution in [-0.2, 0) is 11.3 Å². The second kappa shape index (κ2) is 9.85. The Hall–Kier alpha value is -3.03. The molecule has 0 saturated carbocycles. The molecule has 1 amide bonds. The van der Waals surface area contributed by atoms with Crippen molar-refractivity contribution in [3.05, 3.63) is 70.6 Å². The minimum atomic E-state index is -0.555. The number of carbonyl (C=O) groups excluding carboxylic acids is 1. The van der Waals surface area contributed by atoms with Gasteiger partial charge in [0.05, 0.1) is 6.20 Å². The standard InChI is InChI=1S/C22H23Cl2N5O2/c1-22(2,3)31-21(30)28-17-9-5-7-15(11-17)25-12-14-6-4-8-16(10-14)27-19-18(23)13-26-20(24)29-19/h4-11,13,25H,12H2,1-3H3,(H,28,30)(H,26,27,29). The fourth-order valence-corrected chi connectivity index (χ4v) is 2.93. The summed E-state index contributed by atoms with van der Waals surface area (Å²) in [5, 5.41) is 9.72. The molecule has 0 bridgehead atoms. The number of rotatable bonds is 6. The highest BCUT2D eigenvalue weighted by Crippen LogP contribution is 2.24. The fourth-order valence-electron chi connectivity index (χ4n) is 2.66. The van der Waals surface area contributed by atoms with Crippen LogP contribution in [0.15, 0.2) is 54.7 Å². The summed E-state index contributed by atoms with van der Waals surface area (Å²) in [5.74, 6) is 0.438. The molecule has 2 aromatic carbocycles. The molecule has 0 spiro atoms. The summed E-state index contributed by atoms with van der Waals surface area (Å²) in [5.41, 5.74) is 2.80. The number of hydrogen-bond acceptors (Lipinski definition) is 6. The van der Waals surface area contributed by atoms with Gasteiger partial charge in [0.2, 0.25) is 5.28 Å². The second-order valence-electron chi connectivity index (χ2n) is 7.72. The molecule has 0 atom stereocenters. The first kappa shape index (κ1) is 22.7. The number of aromatic nitrogens is 2. The number of nitrogens with zero attached hydrogens (tertiary/aromatic N) is 2. The van der Waals surface area contributed by atoms with Crippen LogP contribution >= 0.6 is 23.2 Å². The molecule has 0 aliphatic carbocycles. The third-order valence-electron chi connectivity index (χ3n) is 3.91. The predicted octanol–water partition coefficient (Wildman–Crippen LogP) is 6.49. The first-order valence-electron chi connectivity index (χ1n) is 9.56. The summed E-state index contributed by atoms with van der Waals surface area (Å²) in [4.78, 5) is 19.9. The molecule has 0 unspecified atom stereocenters. The summed E-state index contributed by atoms with van der Waals surface area (Å²) in [7, 11) is 0. The minimum absolute atomic E-state index is 0.115. The molecule has 1 aromatic heterocycles. The number of ether oxygens (including phenoxy) is 1. The molecule has 3 rings (SSSR count). The Kier molecular flexibility index (Phi) is 7.20. The van der Waals surface area contributed by atoms with E-state index in [-0.39, 0.29) is 5.28 Å². The van der Waals surface area contributed by atoms with Crippen molar-refractivity contribution in [2.75, 3.05) is 16.0 Å². The predicted molar refractivity (Wildman–Crippen MR) is 125 cm³/mol. The van der Waals surface area contributed by atoms with Gasteiger partial charge in [-0.05, 0) is 68.3 Å². The molecule has 7 nitrogen and oxygen atoms in total. The summed E-state index contributed by atoms with van der Waals surface area (Å²) in [6, 6.07) is 15.2. The number of carbonyl (C=O) groups is 1. The summed E-state index contributed by atoms with van der Waals surface area (Å²) < 4.78 is 5.28. The van der Waals surface area contributed by atoms with E-state index in [2.05, 4.69) is 25.9 Å². The van der Waals surface area contributed by atoms with Crippen molar-refractivity contribution >= 4 is 52.2 Å². The lowest BCUT2D eigenvalue weighted by Gasteiger charge is -2.19. The van der Waals surface area contributed by atoms with Crippen molar-refractivity contribution in [3.8, 4) is 0 Å². The monoisotopic (exact) mass is 459 g/mol. The first-order valence-corrected chi connectivity index (χ1v) is 10.3. The van der Waals surface area contributed by atoms with Crippen molar-refractivity contribution in [1.29, 1.82) is 0 Å². The van der Waals surface area contributed by atoms with E-state index in [1.807, 2.05) is 63.2 Å². The molecule has 162 valence electrons. The molecule has 9 heteroatoms. The van der Waals surface area contributed by atoms with E-state index in [1.54, 1.807) is 6.07 Å². The topological polar surface area (TPSA) is 88.2 Å². The van der Waals surface area contributed by atoms with Crippen LogP contribution in [0.2, 0.25) is 10.3 Å². The molecule has 3 aromatic rings. The highest BCUT2D eigenvalue weighted by molar-refractivity contribution is 6.33. The quantitative estimate of drug-likeness (QED) is 0.365. The van der Waals surface area contributed by atoms with Crippen molar-refractivity contribution in [1.82, 2.24) is 9.97 Å². The van der Waals surface area contributed by atoms with E-state index < -0.39 is 11.7 Å². The third-order valence-corrected chi connectivity index (χ3v) is 4.37. The van der Waals surface area contributed by atoms with Gasteiger partial charge >= 0.3 is 6.09 Å². The third kappa shape index (κ3) is 7.31. The van der Waals surface area contributed by atoms with Gasteiger partial charge in [0.15, 0.2) is 5.82 Å². The number of anilines is 4. The van der Waals surface area contributed by atoms with Gasteiger partial charge in [-0.1, -0.05) is 29.8 Å². The summed E-state index contributed by atoms with van der Waals surface area (Å²) >= 11 is 12.0. The lowest BCUT2D eigenvalue weighted by atomic mass is 10.2. The highest BCUT2D eigenvalue weighted by atomic mass is 35.5. The maximum atomic E-state index is 12.0. The van der Waals surface area contributed by atoms with Crippen molar-refractivity contribution < 1.29 is 9.53 Å². The van der Waals surface area contributed by atoms with E-state index in [9.17, 15) is 4.79 Å². The number of halogens is 2. The van der Waals surface area contributed by atoms with Gasteiger partial charge in [-0.2, -0.15) is 4.98 Å². The number of benzene rings is 2. The van der Waals surface area contributed by atoms with Gasteiger partial charge in [0, 0.05) is 23.6 Å². The molecule has 0 aliphatic heterocycles. The largest absolute Gasteiger partial charge is 0.444 e. The highest BCUT2D eigenvalue weighted by Gasteiger charge is 2.16. The van der Waals surface area contributed by atoms with E-state index in [4.69, 9.17) is 27.9 Å². The normalized spacial score (nSPS) is 11.0. The van der Waals surface area contributed by atoms with Gasteiger partial charge in [0.25, 0.3) is 0 Å². The fraction of sp³-hybridized carbons (Fsp3) is 0.227. The Morgan fingerprint density at radius 1 is 1.03 bits per heavy atom.